The van der Waals surface area contributed by atoms with E-state index in [-0.39, 0.29) is 6.04 Å². The van der Waals surface area contributed by atoms with Crippen LogP contribution >= 0.6 is 11.6 Å². The smallest absolute Gasteiger partial charge is 0.148 e. The van der Waals surface area contributed by atoms with Crippen LogP contribution in [0.15, 0.2) is 42.7 Å². The molecule has 0 N–H and O–H groups in total. The van der Waals surface area contributed by atoms with Crippen LogP contribution in [0.4, 0.5) is 0 Å². The van der Waals surface area contributed by atoms with Crippen LogP contribution in [0.2, 0.25) is 5.02 Å². The minimum atomic E-state index is 0.210. The third kappa shape index (κ3) is 2.97. The lowest BCUT2D eigenvalue weighted by atomic mass is 10.2. The number of hydrogen-bond acceptors (Lipinski definition) is 3. The van der Waals surface area contributed by atoms with E-state index >= 15 is 0 Å². The average molecular weight is 302 g/mol. The zero-order chi connectivity index (χ0) is 14.8. The zero-order valence-corrected chi connectivity index (χ0v) is 12.7. The molecule has 0 aliphatic carbocycles. The SMILES string of the molecule is Cc1nc(CC(C)n2cccn2)n(-c2cccc(Cl)c2)n1. The summed E-state index contributed by atoms with van der Waals surface area (Å²) in [6.07, 6.45) is 4.48. The molecule has 0 aliphatic heterocycles. The van der Waals surface area contributed by atoms with E-state index in [1.807, 2.05) is 52.8 Å². The molecule has 3 rings (SSSR count). The minimum absolute atomic E-state index is 0.210. The van der Waals surface area contributed by atoms with Crippen LogP contribution < -0.4 is 0 Å². The first kappa shape index (κ1) is 13.8. The highest BCUT2D eigenvalue weighted by atomic mass is 35.5. The average Bonchev–Trinajstić information content (AvgIpc) is 3.08. The van der Waals surface area contributed by atoms with E-state index in [1.165, 1.54) is 0 Å². The molecule has 3 aromatic rings. The Kier molecular flexibility index (Phi) is 3.75. The van der Waals surface area contributed by atoms with Crippen molar-refractivity contribution < 1.29 is 0 Å². The van der Waals surface area contributed by atoms with Crippen molar-refractivity contribution in [1.29, 1.82) is 0 Å². The van der Waals surface area contributed by atoms with Gasteiger partial charge >= 0.3 is 0 Å². The summed E-state index contributed by atoms with van der Waals surface area (Å²) in [5, 5.41) is 9.43. The summed E-state index contributed by atoms with van der Waals surface area (Å²) in [4.78, 5) is 4.53. The number of rotatable bonds is 4. The molecule has 21 heavy (non-hydrogen) atoms. The molecule has 1 atom stereocenters. The molecule has 2 aromatic heterocycles. The Balaban J connectivity index is 1.93. The van der Waals surface area contributed by atoms with Crippen molar-refractivity contribution in [2.45, 2.75) is 26.3 Å². The topological polar surface area (TPSA) is 48.5 Å². The summed E-state index contributed by atoms with van der Waals surface area (Å²) < 4.78 is 3.77. The quantitative estimate of drug-likeness (QED) is 0.743. The Hall–Kier alpha value is -2.14. The van der Waals surface area contributed by atoms with Gasteiger partial charge < -0.3 is 0 Å². The van der Waals surface area contributed by atoms with Crippen molar-refractivity contribution in [1.82, 2.24) is 24.5 Å². The van der Waals surface area contributed by atoms with Crippen molar-refractivity contribution in [3.8, 4) is 5.69 Å². The second-order valence-electron chi connectivity index (χ2n) is 5.01. The summed E-state index contributed by atoms with van der Waals surface area (Å²) in [6.45, 7) is 4.00. The van der Waals surface area contributed by atoms with E-state index in [0.717, 1.165) is 23.8 Å². The number of benzene rings is 1. The Morgan fingerprint density at radius 2 is 2.14 bits per heavy atom. The van der Waals surface area contributed by atoms with Gasteiger partial charge in [0.2, 0.25) is 0 Å². The van der Waals surface area contributed by atoms with E-state index in [0.29, 0.717) is 5.02 Å². The summed E-state index contributed by atoms with van der Waals surface area (Å²) in [6, 6.07) is 9.75. The molecule has 0 saturated heterocycles. The second kappa shape index (κ2) is 5.69. The first-order valence-corrected chi connectivity index (χ1v) is 7.19. The van der Waals surface area contributed by atoms with Crippen molar-refractivity contribution in [2.75, 3.05) is 0 Å². The van der Waals surface area contributed by atoms with Crippen LogP contribution in [0.3, 0.4) is 0 Å². The van der Waals surface area contributed by atoms with Crippen molar-refractivity contribution in [3.63, 3.8) is 0 Å². The maximum Gasteiger partial charge on any atom is 0.148 e. The largest absolute Gasteiger partial charge is 0.270 e. The van der Waals surface area contributed by atoms with Gasteiger partial charge in [0.15, 0.2) is 0 Å². The molecule has 0 amide bonds. The predicted octanol–water partition coefficient (Wildman–Crippen LogP) is 3.23. The zero-order valence-electron chi connectivity index (χ0n) is 11.9. The van der Waals surface area contributed by atoms with Crippen LogP contribution in [-0.4, -0.2) is 24.5 Å². The third-order valence-electron chi connectivity index (χ3n) is 3.29. The summed E-state index contributed by atoms with van der Waals surface area (Å²) in [7, 11) is 0. The fourth-order valence-electron chi connectivity index (χ4n) is 2.30. The van der Waals surface area contributed by atoms with E-state index < -0.39 is 0 Å². The van der Waals surface area contributed by atoms with Gasteiger partial charge in [-0.05, 0) is 38.1 Å². The highest BCUT2D eigenvalue weighted by molar-refractivity contribution is 6.30. The molecule has 0 aliphatic rings. The van der Waals surface area contributed by atoms with Gasteiger partial charge in [0.05, 0.1) is 11.7 Å². The lowest BCUT2D eigenvalue weighted by Crippen LogP contribution is -2.13. The Morgan fingerprint density at radius 3 is 2.86 bits per heavy atom. The van der Waals surface area contributed by atoms with Crippen LogP contribution in [0, 0.1) is 6.92 Å². The monoisotopic (exact) mass is 301 g/mol. The molecule has 108 valence electrons. The lowest BCUT2D eigenvalue weighted by Gasteiger charge is -2.12. The van der Waals surface area contributed by atoms with Gasteiger partial charge in [-0.15, -0.1) is 0 Å². The van der Waals surface area contributed by atoms with Crippen molar-refractivity contribution in [2.24, 2.45) is 0 Å². The van der Waals surface area contributed by atoms with E-state index in [4.69, 9.17) is 11.6 Å². The molecule has 0 fully saturated rings. The summed E-state index contributed by atoms with van der Waals surface area (Å²) in [5.74, 6) is 1.65. The number of aryl methyl sites for hydroxylation is 1. The number of aromatic nitrogens is 5. The van der Waals surface area contributed by atoms with Gasteiger partial charge in [-0.1, -0.05) is 17.7 Å². The normalized spacial score (nSPS) is 12.5. The van der Waals surface area contributed by atoms with Gasteiger partial charge in [-0.3, -0.25) is 4.68 Å². The van der Waals surface area contributed by atoms with E-state index in [2.05, 4.69) is 22.1 Å². The van der Waals surface area contributed by atoms with Gasteiger partial charge in [0.25, 0.3) is 0 Å². The van der Waals surface area contributed by atoms with Gasteiger partial charge in [-0.25, -0.2) is 9.67 Å². The highest BCUT2D eigenvalue weighted by Gasteiger charge is 2.14. The molecule has 2 heterocycles. The molecular weight excluding hydrogens is 286 g/mol. The van der Waals surface area contributed by atoms with Crippen molar-refractivity contribution in [3.05, 3.63) is 59.4 Å². The molecule has 0 bridgehead atoms. The van der Waals surface area contributed by atoms with Crippen molar-refractivity contribution >= 4 is 11.6 Å². The van der Waals surface area contributed by atoms with Crippen LogP contribution in [-0.2, 0) is 6.42 Å². The Bertz CT molecular complexity index is 732. The number of hydrogen-bond donors (Lipinski definition) is 0. The molecule has 0 saturated carbocycles. The summed E-state index contributed by atoms with van der Waals surface area (Å²) >= 11 is 6.07. The van der Waals surface area contributed by atoms with E-state index in [1.54, 1.807) is 6.20 Å². The molecule has 1 unspecified atom stereocenters. The standard InChI is InChI=1S/C15H16ClN5/c1-11(20-8-4-7-17-20)9-15-18-12(2)19-21(15)14-6-3-5-13(16)10-14/h3-8,10-11H,9H2,1-2H3. The van der Waals surface area contributed by atoms with Gasteiger partial charge in [0.1, 0.15) is 11.6 Å². The first-order valence-electron chi connectivity index (χ1n) is 6.81. The lowest BCUT2D eigenvalue weighted by molar-refractivity contribution is 0.474. The first-order chi connectivity index (χ1) is 10.1. The highest BCUT2D eigenvalue weighted by Crippen LogP contribution is 2.18. The molecule has 0 radical (unpaired) electrons. The molecule has 0 spiro atoms. The fourth-order valence-corrected chi connectivity index (χ4v) is 2.49. The molecule has 5 nitrogen and oxygen atoms in total. The third-order valence-corrected chi connectivity index (χ3v) is 3.52. The van der Waals surface area contributed by atoms with Crippen LogP contribution in [0.1, 0.15) is 24.6 Å². The molecule has 1 aromatic carbocycles. The number of nitrogens with zero attached hydrogens (tertiary/aromatic N) is 5. The second-order valence-corrected chi connectivity index (χ2v) is 5.44. The van der Waals surface area contributed by atoms with Gasteiger partial charge in [0, 0.05) is 23.8 Å². The Labute approximate surface area is 128 Å². The molecular formula is C15H16ClN5. The maximum atomic E-state index is 6.07. The van der Waals surface area contributed by atoms with E-state index in [9.17, 15) is 0 Å². The Morgan fingerprint density at radius 1 is 1.29 bits per heavy atom. The van der Waals surface area contributed by atoms with Crippen LogP contribution in [0.5, 0.6) is 0 Å². The fraction of sp³-hybridized carbons (Fsp3) is 0.267. The summed E-state index contributed by atoms with van der Waals surface area (Å²) in [5.41, 5.74) is 0.922. The predicted molar refractivity (Wildman–Crippen MR) is 81.7 cm³/mol. The minimum Gasteiger partial charge on any atom is -0.270 e. The van der Waals surface area contributed by atoms with Gasteiger partial charge in [-0.2, -0.15) is 10.2 Å². The maximum absolute atomic E-state index is 6.07. The van der Waals surface area contributed by atoms with Crippen LogP contribution in [0.25, 0.3) is 5.69 Å². The number of halogens is 1. The molecule has 6 heteroatoms.